The molecule has 0 amide bonds. The van der Waals surface area contributed by atoms with Gasteiger partial charge in [0, 0.05) is 48.0 Å². The van der Waals surface area contributed by atoms with E-state index in [-0.39, 0.29) is 22.9 Å². The number of rotatable bonds is 4. The number of hydrogen-bond donors (Lipinski definition) is 1. The molecule has 29 heavy (non-hydrogen) atoms. The van der Waals surface area contributed by atoms with Crippen molar-refractivity contribution in [1.29, 1.82) is 0 Å². The Labute approximate surface area is 182 Å². The molecule has 4 nitrogen and oxygen atoms in total. The lowest BCUT2D eigenvalue weighted by atomic mass is 10.0. The highest BCUT2D eigenvalue weighted by atomic mass is 35.5. The minimum atomic E-state index is -0.142. The van der Waals surface area contributed by atoms with Gasteiger partial charge in [0.25, 0.3) is 0 Å². The standard InChI is InChI=1S/C23H24ClN3O.ClH/c1-16-21(23(28)22(24)17(2)25-16)19-11-9-18(10-12-19)7-5-13-26(3)15-20-8-6-14-27(20)4;/h6,8-12,14H,13,15H2,1-4H3,(H,25,28);1H. The van der Waals surface area contributed by atoms with Crippen LogP contribution in [-0.4, -0.2) is 28.0 Å². The van der Waals surface area contributed by atoms with Crippen molar-refractivity contribution >= 4 is 24.0 Å². The second-order valence-electron chi connectivity index (χ2n) is 7.05. The zero-order chi connectivity index (χ0) is 20.3. The van der Waals surface area contributed by atoms with Crippen molar-refractivity contribution in [2.75, 3.05) is 13.6 Å². The molecule has 0 saturated heterocycles. The number of nitrogens with zero attached hydrogens (tertiary/aromatic N) is 2. The molecule has 0 saturated carbocycles. The maximum absolute atomic E-state index is 12.5. The number of halogens is 2. The summed E-state index contributed by atoms with van der Waals surface area (Å²) in [6.07, 6.45) is 2.05. The van der Waals surface area contributed by atoms with E-state index < -0.39 is 0 Å². The van der Waals surface area contributed by atoms with Gasteiger partial charge < -0.3 is 9.55 Å². The molecule has 2 heterocycles. The third-order valence-corrected chi connectivity index (χ3v) is 5.20. The zero-order valence-electron chi connectivity index (χ0n) is 17.0. The third-order valence-electron chi connectivity index (χ3n) is 4.74. The van der Waals surface area contributed by atoms with Crippen molar-refractivity contribution in [3.05, 3.63) is 80.5 Å². The average molecular weight is 430 g/mol. The lowest BCUT2D eigenvalue weighted by Gasteiger charge is -2.13. The number of benzene rings is 1. The zero-order valence-corrected chi connectivity index (χ0v) is 18.6. The minimum absolute atomic E-state index is 0. The Kier molecular flexibility index (Phi) is 7.75. The number of nitrogens with one attached hydrogen (secondary N) is 1. The maximum Gasteiger partial charge on any atom is 0.208 e. The van der Waals surface area contributed by atoms with Gasteiger partial charge in [0.15, 0.2) is 0 Å². The molecule has 0 atom stereocenters. The fraction of sp³-hybridized carbons (Fsp3) is 0.261. The van der Waals surface area contributed by atoms with Crippen molar-refractivity contribution < 1.29 is 0 Å². The molecule has 6 heteroatoms. The van der Waals surface area contributed by atoms with Gasteiger partial charge in [-0.25, -0.2) is 0 Å². The number of aromatic nitrogens is 2. The number of hydrogen-bond acceptors (Lipinski definition) is 2. The first-order valence-electron chi connectivity index (χ1n) is 9.14. The molecule has 1 N–H and O–H groups in total. The van der Waals surface area contributed by atoms with Crippen LogP contribution in [0.5, 0.6) is 0 Å². The van der Waals surface area contributed by atoms with E-state index in [1.807, 2.05) is 50.5 Å². The number of aromatic amines is 1. The van der Waals surface area contributed by atoms with Gasteiger partial charge in [0.05, 0.1) is 6.54 Å². The highest BCUT2D eigenvalue weighted by Crippen LogP contribution is 2.22. The van der Waals surface area contributed by atoms with Gasteiger partial charge in [-0.1, -0.05) is 35.6 Å². The summed E-state index contributed by atoms with van der Waals surface area (Å²) in [5.74, 6) is 6.40. The molecule has 0 unspecified atom stereocenters. The van der Waals surface area contributed by atoms with E-state index in [1.54, 1.807) is 6.92 Å². The lowest BCUT2D eigenvalue weighted by Crippen LogP contribution is -2.19. The van der Waals surface area contributed by atoms with Gasteiger partial charge in [0.2, 0.25) is 5.43 Å². The van der Waals surface area contributed by atoms with E-state index in [2.05, 4.69) is 39.4 Å². The van der Waals surface area contributed by atoms with Crippen molar-refractivity contribution in [1.82, 2.24) is 14.5 Å². The highest BCUT2D eigenvalue weighted by molar-refractivity contribution is 6.31. The summed E-state index contributed by atoms with van der Waals surface area (Å²) in [6.45, 7) is 5.22. The summed E-state index contributed by atoms with van der Waals surface area (Å²) in [5.41, 5.74) is 4.98. The van der Waals surface area contributed by atoms with E-state index in [0.29, 0.717) is 17.8 Å². The molecule has 0 fully saturated rings. The van der Waals surface area contributed by atoms with Gasteiger partial charge in [-0.05, 0) is 50.7 Å². The molecule has 3 rings (SSSR count). The number of H-pyrrole nitrogens is 1. The highest BCUT2D eigenvalue weighted by Gasteiger charge is 2.12. The van der Waals surface area contributed by atoms with E-state index in [9.17, 15) is 4.79 Å². The number of pyridine rings is 1. The molecule has 3 aromatic rings. The molecule has 0 radical (unpaired) electrons. The first-order valence-corrected chi connectivity index (χ1v) is 9.51. The first-order chi connectivity index (χ1) is 13.4. The Hall–Kier alpha value is -2.45. The Bertz CT molecular complexity index is 1100. The maximum atomic E-state index is 12.5. The Morgan fingerprint density at radius 2 is 1.83 bits per heavy atom. The second kappa shape index (κ2) is 9.84. The van der Waals surface area contributed by atoms with Crippen LogP contribution in [-0.2, 0) is 13.6 Å². The van der Waals surface area contributed by atoms with Crippen LogP contribution in [0.25, 0.3) is 11.1 Å². The largest absolute Gasteiger partial charge is 0.361 e. The normalized spacial score (nSPS) is 10.4. The Morgan fingerprint density at radius 1 is 1.14 bits per heavy atom. The smallest absolute Gasteiger partial charge is 0.208 e. The Morgan fingerprint density at radius 3 is 2.45 bits per heavy atom. The molecule has 152 valence electrons. The molecule has 0 bridgehead atoms. The second-order valence-corrected chi connectivity index (χ2v) is 7.43. The lowest BCUT2D eigenvalue weighted by molar-refractivity contribution is 0.359. The fourth-order valence-corrected chi connectivity index (χ4v) is 3.33. The first kappa shape index (κ1) is 22.8. The van der Waals surface area contributed by atoms with Crippen LogP contribution < -0.4 is 5.43 Å². The SMILES string of the molecule is Cc1[nH]c(C)c(-c2ccc(C#CCN(C)Cc3cccn3C)cc2)c(=O)c1Cl.Cl. The molecule has 0 spiro atoms. The molecular weight excluding hydrogens is 405 g/mol. The molecule has 2 aromatic heterocycles. The van der Waals surface area contributed by atoms with E-state index in [1.165, 1.54) is 5.69 Å². The van der Waals surface area contributed by atoms with E-state index in [4.69, 9.17) is 11.6 Å². The summed E-state index contributed by atoms with van der Waals surface area (Å²) < 4.78 is 2.11. The van der Waals surface area contributed by atoms with Crippen molar-refractivity contribution in [2.24, 2.45) is 7.05 Å². The molecule has 0 aliphatic carbocycles. The van der Waals surface area contributed by atoms with Crippen molar-refractivity contribution in [2.45, 2.75) is 20.4 Å². The third kappa shape index (κ3) is 5.33. The predicted molar refractivity (Wildman–Crippen MR) is 123 cm³/mol. The summed E-state index contributed by atoms with van der Waals surface area (Å²) in [5, 5.41) is 0.241. The van der Waals surface area contributed by atoms with Crippen LogP contribution >= 0.6 is 24.0 Å². The van der Waals surface area contributed by atoms with E-state index >= 15 is 0 Å². The molecule has 1 aromatic carbocycles. The monoisotopic (exact) mass is 429 g/mol. The van der Waals surface area contributed by atoms with Gasteiger partial charge in [0.1, 0.15) is 5.02 Å². The molecular formula is C23H25Cl2N3O. The van der Waals surface area contributed by atoms with Gasteiger partial charge in [-0.2, -0.15) is 0 Å². The summed E-state index contributed by atoms with van der Waals surface area (Å²) in [6, 6.07) is 11.9. The quantitative estimate of drug-likeness (QED) is 0.617. The van der Waals surface area contributed by atoms with Crippen LogP contribution in [0.4, 0.5) is 0 Å². The average Bonchev–Trinajstić information content (AvgIpc) is 3.06. The van der Waals surface area contributed by atoms with Crippen LogP contribution in [0.2, 0.25) is 5.02 Å². The Balaban J connectivity index is 0.00000300. The van der Waals surface area contributed by atoms with Crippen molar-refractivity contribution in [3.8, 4) is 23.0 Å². The molecule has 0 aliphatic rings. The van der Waals surface area contributed by atoms with E-state index in [0.717, 1.165) is 23.4 Å². The van der Waals surface area contributed by atoms with Crippen LogP contribution in [0.15, 0.2) is 47.4 Å². The summed E-state index contributed by atoms with van der Waals surface area (Å²) in [7, 11) is 4.10. The summed E-state index contributed by atoms with van der Waals surface area (Å²) in [4.78, 5) is 17.8. The fourth-order valence-electron chi connectivity index (χ4n) is 3.19. The van der Waals surface area contributed by atoms with Gasteiger partial charge >= 0.3 is 0 Å². The van der Waals surface area contributed by atoms with Crippen LogP contribution in [0.1, 0.15) is 22.6 Å². The van der Waals surface area contributed by atoms with Crippen LogP contribution in [0.3, 0.4) is 0 Å². The van der Waals surface area contributed by atoms with Gasteiger partial charge in [-0.15, -0.1) is 12.4 Å². The van der Waals surface area contributed by atoms with Crippen molar-refractivity contribution in [3.63, 3.8) is 0 Å². The minimum Gasteiger partial charge on any atom is -0.361 e. The van der Waals surface area contributed by atoms with Crippen LogP contribution in [0, 0.1) is 25.7 Å². The topological polar surface area (TPSA) is 41.0 Å². The summed E-state index contributed by atoms with van der Waals surface area (Å²) >= 11 is 6.12. The van der Waals surface area contributed by atoms with Gasteiger partial charge in [-0.3, -0.25) is 9.69 Å². The number of aryl methyl sites for hydroxylation is 3. The predicted octanol–water partition coefficient (Wildman–Crippen LogP) is 4.56. The molecule has 0 aliphatic heterocycles.